The van der Waals surface area contributed by atoms with E-state index < -0.39 is 0 Å². The van der Waals surface area contributed by atoms with Crippen LogP contribution in [0.4, 0.5) is 0 Å². The number of aromatic nitrogens is 2. The summed E-state index contributed by atoms with van der Waals surface area (Å²) in [6.45, 7) is 9.39. The fourth-order valence-corrected chi connectivity index (χ4v) is 2.21. The molecule has 18 heavy (non-hydrogen) atoms. The molecule has 0 amide bonds. The molecular formula is C15H20N2O. The third kappa shape index (κ3) is 2.01. The van der Waals surface area contributed by atoms with Crippen LogP contribution in [-0.4, -0.2) is 16.7 Å². The highest BCUT2D eigenvalue weighted by Gasteiger charge is 2.14. The lowest BCUT2D eigenvalue weighted by molar-refractivity contribution is 0.401. The van der Waals surface area contributed by atoms with Crippen molar-refractivity contribution in [3.05, 3.63) is 35.2 Å². The molecule has 0 unspecified atom stereocenters. The molecule has 96 valence electrons. The minimum absolute atomic E-state index is 0.700. The number of allylic oxidation sites excluding steroid dienone is 2. The van der Waals surface area contributed by atoms with Gasteiger partial charge in [-0.05, 0) is 39.3 Å². The van der Waals surface area contributed by atoms with Gasteiger partial charge >= 0.3 is 0 Å². The summed E-state index contributed by atoms with van der Waals surface area (Å²) in [7, 11) is 1.67. The Morgan fingerprint density at radius 1 is 1.39 bits per heavy atom. The molecule has 0 N–H and O–H groups in total. The van der Waals surface area contributed by atoms with Crippen molar-refractivity contribution < 1.29 is 4.74 Å². The third-order valence-corrected chi connectivity index (χ3v) is 3.39. The van der Waals surface area contributed by atoms with Gasteiger partial charge in [-0.25, -0.2) is 4.98 Å². The normalized spacial score (nSPS) is 10.7. The zero-order chi connectivity index (χ0) is 13.3. The summed E-state index contributed by atoms with van der Waals surface area (Å²) in [5, 5.41) is 1.22. The molecule has 0 fully saturated rings. The summed E-state index contributed by atoms with van der Waals surface area (Å²) in [5.74, 6) is 0.700. The van der Waals surface area contributed by atoms with Gasteiger partial charge in [0, 0.05) is 23.8 Å². The molecule has 0 spiro atoms. The summed E-state index contributed by atoms with van der Waals surface area (Å²) < 4.78 is 7.66. The Kier molecular flexibility index (Phi) is 3.41. The summed E-state index contributed by atoms with van der Waals surface area (Å²) in [4.78, 5) is 4.30. The van der Waals surface area contributed by atoms with Crippen molar-refractivity contribution in [2.45, 2.75) is 34.2 Å². The number of aryl methyl sites for hydroxylation is 1. The maximum atomic E-state index is 5.39. The van der Waals surface area contributed by atoms with Crippen LogP contribution >= 0.6 is 0 Å². The maximum absolute atomic E-state index is 5.39. The Morgan fingerprint density at radius 2 is 2.11 bits per heavy atom. The molecule has 3 nitrogen and oxygen atoms in total. The van der Waals surface area contributed by atoms with Crippen LogP contribution in [0.5, 0.6) is 5.88 Å². The average Bonchev–Trinajstić information content (AvgIpc) is 2.60. The van der Waals surface area contributed by atoms with Gasteiger partial charge in [-0.3, -0.25) is 0 Å². The highest BCUT2D eigenvalue weighted by atomic mass is 16.5. The van der Waals surface area contributed by atoms with E-state index in [0.717, 1.165) is 12.1 Å². The van der Waals surface area contributed by atoms with Gasteiger partial charge in [0.05, 0.1) is 7.11 Å². The Hall–Kier alpha value is -1.77. The minimum Gasteiger partial charge on any atom is -0.479 e. The van der Waals surface area contributed by atoms with Gasteiger partial charge in [0.2, 0.25) is 5.88 Å². The van der Waals surface area contributed by atoms with E-state index >= 15 is 0 Å². The second kappa shape index (κ2) is 4.84. The Balaban J connectivity index is 2.70. The average molecular weight is 244 g/mol. The number of hydrogen-bond acceptors (Lipinski definition) is 2. The van der Waals surface area contributed by atoms with Crippen LogP contribution in [0, 0.1) is 13.8 Å². The van der Waals surface area contributed by atoms with Crippen LogP contribution in [0.2, 0.25) is 0 Å². The largest absolute Gasteiger partial charge is 0.479 e. The van der Waals surface area contributed by atoms with Crippen LogP contribution in [0.15, 0.2) is 23.9 Å². The molecule has 0 aromatic carbocycles. The van der Waals surface area contributed by atoms with E-state index in [0.29, 0.717) is 5.88 Å². The summed E-state index contributed by atoms with van der Waals surface area (Å²) in [6, 6.07) is 2.05. The number of methoxy groups -OCH3 is 1. The number of ether oxygens (including phenoxy) is 1. The molecule has 0 saturated heterocycles. The molecule has 0 aliphatic heterocycles. The van der Waals surface area contributed by atoms with Crippen molar-refractivity contribution in [1.29, 1.82) is 0 Å². The first-order chi connectivity index (χ1) is 8.56. The smallest absolute Gasteiger partial charge is 0.238 e. The molecule has 0 atom stereocenters. The van der Waals surface area contributed by atoms with E-state index in [4.69, 9.17) is 4.74 Å². The SMILES string of the molecule is COc1nccc2c(C)c(C)n(CC=C(C)C)c12. The van der Waals surface area contributed by atoms with Gasteiger partial charge in [-0.1, -0.05) is 11.6 Å². The Morgan fingerprint density at radius 3 is 2.72 bits per heavy atom. The first-order valence-corrected chi connectivity index (χ1v) is 6.18. The summed E-state index contributed by atoms with van der Waals surface area (Å²) in [6.07, 6.45) is 4.02. The molecule has 2 rings (SSSR count). The molecule has 0 aliphatic rings. The zero-order valence-corrected chi connectivity index (χ0v) is 11.7. The molecule has 0 bridgehead atoms. The molecule has 2 aromatic rings. The monoisotopic (exact) mass is 244 g/mol. The lowest BCUT2D eigenvalue weighted by atomic mass is 10.2. The van der Waals surface area contributed by atoms with Gasteiger partial charge in [0.1, 0.15) is 5.52 Å². The molecule has 2 aromatic heterocycles. The predicted molar refractivity (Wildman–Crippen MR) is 75.2 cm³/mol. The van der Waals surface area contributed by atoms with Crippen LogP contribution < -0.4 is 4.74 Å². The van der Waals surface area contributed by atoms with Crippen LogP contribution in [0.25, 0.3) is 10.9 Å². The van der Waals surface area contributed by atoms with Crippen molar-refractivity contribution in [2.75, 3.05) is 7.11 Å². The first kappa shape index (κ1) is 12.7. The maximum Gasteiger partial charge on any atom is 0.238 e. The van der Waals surface area contributed by atoms with Gasteiger partial charge < -0.3 is 9.30 Å². The molecular weight excluding hydrogens is 224 g/mol. The molecule has 0 saturated carbocycles. The highest BCUT2D eigenvalue weighted by Crippen LogP contribution is 2.30. The topological polar surface area (TPSA) is 27.1 Å². The third-order valence-electron chi connectivity index (χ3n) is 3.39. The number of pyridine rings is 1. The number of fused-ring (bicyclic) bond motifs is 1. The fraction of sp³-hybridized carbons (Fsp3) is 0.400. The number of rotatable bonds is 3. The molecule has 0 radical (unpaired) electrons. The van der Waals surface area contributed by atoms with Gasteiger partial charge in [0.15, 0.2) is 0 Å². The van der Waals surface area contributed by atoms with E-state index in [1.807, 2.05) is 0 Å². The standard InChI is InChI=1S/C15H20N2O/c1-10(2)7-9-17-12(4)11(3)13-6-8-16-15(18-5)14(13)17/h6-8H,9H2,1-5H3. The fourth-order valence-electron chi connectivity index (χ4n) is 2.21. The molecule has 3 heteroatoms. The minimum atomic E-state index is 0.700. The van der Waals surface area contributed by atoms with Gasteiger partial charge in [-0.2, -0.15) is 0 Å². The van der Waals surface area contributed by atoms with Gasteiger partial charge in [0.25, 0.3) is 0 Å². The van der Waals surface area contributed by atoms with Crippen molar-refractivity contribution in [3.8, 4) is 5.88 Å². The van der Waals surface area contributed by atoms with E-state index in [9.17, 15) is 0 Å². The lowest BCUT2D eigenvalue weighted by Gasteiger charge is -2.08. The lowest BCUT2D eigenvalue weighted by Crippen LogP contribution is -2.00. The second-order valence-electron chi connectivity index (χ2n) is 4.82. The number of hydrogen-bond donors (Lipinski definition) is 0. The van der Waals surface area contributed by atoms with Crippen LogP contribution in [0.1, 0.15) is 25.1 Å². The van der Waals surface area contributed by atoms with Crippen molar-refractivity contribution in [2.24, 2.45) is 0 Å². The van der Waals surface area contributed by atoms with E-state index in [-0.39, 0.29) is 0 Å². The predicted octanol–water partition coefficient (Wildman–Crippen LogP) is 3.63. The van der Waals surface area contributed by atoms with Gasteiger partial charge in [-0.15, -0.1) is 0 Å². The van der Waals surface area contributed by atoms with Crippen molar-refractivity contribution in [3.63, 3.8) is 0 Å². The highest BCUT2D eigenvalue weighted by molar-refractivity contribution is 5.88. The Bertz CT molecular complexity index is 604. The molecule has 2 heterocycles. The quantitative estimate of drug-likeness (QED) is 0.771. The molecule has 0 aliphatic carbocycles. The van der Waals surface area contributed by atoms with Crippen LogP contribution in [0.3, 0.4) is 0 Å². The van der Waals surface area contributed by atoms with E-state index in [1.54, 1.807) is 13.3 Å². The van der Waals surface area contributed by atoms with Crippen molar-refractivity contribution in [1.82, 2.24) is 9.55 Å². The number of nitrogens with zero attached hydrogens (tertiary/aromatic N) is 2. The summed E-state index contributed by atoms with van der Waals surface area (Å²) in [5.41, 5.74) is 4.98. The van der Waals surface area contributed by atoms with E-state index in [2.05, 4.69) is 49.4 Å². The Labute approximate surface area is 108 Å². The summed E-state index contributed by atoms with van der Waals surface area (Å²) >= 11 is 0. The van der Waals surface area contributed by atoms with E-state index in [1.165, 1.54) is 22.2 Å². The second-order valence-corrected chi connectivity index (χ2v) is 4.82. The van der Waals surface area contributed by atoms with Crippen LogP contribution in [-0.2, 0) is 6.54 Å². The zero-order valence-electron chi connectivity index (χ0n) is 11.7. The van der Waals surface area contributed by atoms with Crippen molar-refractivity contribution >= 4 is 10.9 Å². The first-order valence-electron chi connectivity index (χ1n) is 6.18.